The Kier molecular flexibility index (Phi) is 6.50. The Bertz CT molecular complexity index is 727. The quantitative estimate of drug-likeness (QED) is 0.612. The van der Waals surface area contributed by atoms with Gasteiger partial charge >= 0.3 is 0 Å². The van der Waals surface area contributed by atoms with E-state index in [-0.39, 0.29) is 12.2 Å². The molecule has 0 bridgehead atoms. The number of nitrogens with one attached hydrogen (secondary N) is 1. The lowest BCUT2D eigenvalue weighted by Crippen LogP contribution is -2.53. The van der Waals surface area contributed by atoms with Crippen molar-refractivity contribution in [3.63, 3.8) is 0 Å². The van der Waals surface area contributed by atoms with E-state index in [1.165, 1.54) is 12.1 Å². The minimum absolute atomic E-state index is 0.0974. The molecule has 0 aromatic heterocycles. The van der Waals surface area contributed by atoms with Gasteiger partial charge in [-0.25, -0.2) is 8.78 Å². The molecular formula is C21H30F2N4O2. The minimum atomic E-state index is -0.804. The van der Waals surface area contributed by atoms with Gasteiger partial charge in [0.1, 0.15) is 6.10 Å². The third kappa shape index (κ3) is 4.80. The molecule has 0 radical (unpaired) electrons. The molecule has 4 rings (SSSR count). The molecule has 6 nitrogen and oxygen atoms in total. The van der Waals surface area contributed by atoms with Crippen molar-refractivity contribution < 1.29 is 18.3 Å². The summed E-state index contributed by atoms with van der Waals surface area (Å²) in [4.78, 5) is 8.82. The summed E-state index contributed by atoms with van der Waals surface area (Å²) < 4.78 is 38.4. The molecule has 160 valence electrons. The fraction of sp³-hybridized carbons (Fsp3) is 0.667. The lowest BCUT2D eigenvalue weighted by molar-refractivity contribution is -0.0817. The first-order valence-electron chi connectivity index (χ1n) is 10.5. The van der Waals surface area contributed by atoms with Crippen LogP contribution < -0.4 is 10.2 Å². The van der Waals surface area contributed by atoms with Gasteiger partial charge in [0.2, 0.25) is 0 Å². The van der Waals surface area contributed by atoms with Crippen LogP contribution in [-0.2, 0) is 9.47 Å². The van der Waals surface area contributed by atoms with Gasteiger partial charge in [0.25, 0.3) is 0 Å². The molecule has 0 aliphatic carbocycles. The lowest BCUT2D eigenvalue weighted by atomic mass is 10.1. The Morgan fingerprint density at radius 2 is 1.97 bits per heavy atom. The van der Waals surface area contributed by atoms with E-state index in [0.717, 1.165) is 70.2 Å². The van der Waals surface area contributed by atoms with Crippen molar-refractivity contribution in [3.8, 4) is 0 Å². The predicted octanol–water partition coefficient (Wildman–Crippen LogP) is 2.25. The van der Waals surface area contributed by atoms with Gasteiger partial charge in [-0.1, -0.05) is 0 Å². The molecular weight excluding hydrogens is 378 g/mol. The molecule has 0 spiro atoms. The van der Waals surface area contributed by atoms with E-state index < -0.39 is 11.6 Å². The number of aliphatic imine (C=N–C) groups is 1. The predicted molar refractivity (Wildman–Crippen MR) is 108 cm³/mol. The van der Waals surface area contributed by atoms with Crippen molar-refractivity contribution in [3.05, 3.63) is 29.8 Å². The molecule has 3 unspecified atom stereocenters. The summed E-state index contributed by atoms with van der Waals surface area (Å²) in [7, 11) is 1.81. The van der Waals surface area contributed by atoms with Crippen LogP contribution >= 0.6 is 0 Å². The van der Waals surface area contributed by atoms with Crippen LogP contribution in [0.25, 0.3) is 0 Å². The first-order chi connectivity index (χ1) is 14.1. The highest BCUT2D eigenvalue weighted by molar-refractivity contribution is 5.80. The van der Waals surface area contributed by atoms with Crippen molar-refractivity contribution in [2.24, 2.45) is 10.9 Å². The second-order valence-corrected chi connectivity index (χ2v) is 8.03. The second kappa shape index (κ2) is 9.26. The molecule has 0 saturated carbocycles. The molecule has 3 heterocycles. The number of benzene rings is 1. The van der Waals surface area contributed by atoms with E-state index in [0.29, 0.717) is 12.5 Å². The van der Waals surface area contributed by atoms with E-state index in [1.54, 1.807) is 13.1 Å². The van der Waals surface area contributed by atoms with E-state index in [9.17, 15) is 8.78 Å². The number of nitrogens with zero attached hydrogens (tertiary/aromatic N) is 3. The standard InChI is InChI=1S/C21H30F2N4O2/c1-24-21(27-8-10-29-20(14-27)19-3-2-9-28-19)25-12-15-6-7-26(13-15)16-4-5-17(22)18(23)11-16/h4-5,11,15,19-20H,2-3,6-10,12-14H2,1H3,(H,24,25). The molecule has 1 N–H and O–H groups in total. The molecule has 29 heavy (non-hydrogen) atoms. The maximum Gasteiger partial charge on any atom is 0.193 e. The summed E-state index contributed by atoms with van der Waals surface area (Å²) in [5.41, 5.74) is 0.739. The normalized spacial score (nSPS) is 28.2. The van der Waals surface area contributed by atoms with Gasteiger partial charge in [-0.15, -0.1) is 0 Å². The summed E-state index contributed by atoms with van der Waals surface area (Å²) >= 11 is 0. The molecule has 3 aliphatic heterocycles. The highest BCUT2D eigenvalue weighted by Crippen LogP contribution is 2.25. The van der Waals surface area contributed by atoms with Gasteiger partial charge in [0, 0.05) is 58.1 Å². The first-order valence-corrected chi connectivity index (χ1v) is 10.5. The van der Waals surface area contributed by atoms with Crippen LogP contribution in [0.1, 0.15) is 19.3 Å². The molecule has 3 fully saturated rings. The van der Waals surface area contributed by atoms with E-state index in [2.05, 4.69) is 20.1 Å². The van der Waals surface area contributed by atoms with Crippen LogP contribution in [0.4, 0.5) is 14.5 Å². The van der Waals surface area contributed by atoms with Crippen LogP contribution in [0.5, 0.6) is 0 Å². The Labute approximate surface area is 170 Å². The SMILES string of the molecule is CN=C(NCC1CCN(c2ccc(F)c(F)c2)C1)N1CCOC(C2CCCO2)C1. The zero-order valence-electron chi connectivity index (χ0n) is 16.9. The van der Waals surface area contributed by atoms with E-state index in [4.69, 9.17) is 9.47 Å². The number of rotatable bonds is 4. The van der Waals surface area contributed by atoms with Crippen LogP contribution in [0.2, 0.25) is 0 Å². The molecule has 0 amide bonds. The van der Waals surface area contributed by atoms with Crippen molar-refractivity contribution >= 4 is 11.6 Å². The van der Waals surface area contributed by atoms with Crippen molar-refractivity contribution in [2.45, 2.75) is 31.5 Å². The number of ether oxygens (including phenoxy) is 2. The molecule has 3 saturated heterocycles. The molecule has 1 aromatic rings. The van der Waals surface area contributed by atoms with E-state index in [1.807, 2.05) is 0 Å². The van der Waals surface area contributed by atoms with Crippen molar-refractivity contribution in [1.82, 2.24) is 10.2 Å². The maximum atomic E-state index is 13.5. The van der Waals surface area contributed by atoms with Gasteiger partial charge in [0.15, 0.2) is 17.6 Å². The summed E-state index contributed by atoms with van der Waals surface area (Å²) in [5, 5.41) is 3.50. The van der Waals surface area contributed by atoms with Crippen LogP contribution in [0.3, 0.4) is 0 Å². The first kappa shape index (κ1) is 20.3. The zero-order valence-corrected chi connectivity index (χ0v) is 16.9. The summed E-state index contributed by atoms with van der Waals surface area (Å²) in [5.74, 6) is -0.281. The Hall–Kier alpha value is -1.93. The molecule has 3 aliphatic rings. The smallest absolute Gasteiger partial charge is 0.193 e. The van der Waals surface area contributed by atoms with Gasteiger partial charge in [0.05, 0.1) is 12.7 Å². The van der Waals surface area contributed by atoms with Gasteiger partial charge in [-0.3, -0.25) is 4.99 Å². The average Bonchev–Trinajstić information content (AvgIpc) is 3.43. The van der Waals surface area contributed by atoms with Crippen LogP contribution in [0, 0.1) is 17.6 Å². The zero-order chi connectivity index (χ0) is 20.2. The van der Waals surface area contributed by atoms with Crippen LogP contribution in [0.15, 0.2) is 23.2 Å². The number of anilines is 1. The van der Waals surface area contributed by atoms with Crippen molar-refractivity contribution in [2.75, 3.05) is 57.9 Å². The Morgan fingerprint density at radius 3 is 2.72 bits per heavy atom. The van der Waals surface area contributed by atoms with Crippen LogP contribution in [-0.4, -0.2) is 76.1 Å². The van der Waals surface area contributed by atoms with Gasteiger partial charge < -0.3 is 24.6 Å². The summed E-state index contributed by atoms with van der Waals surface area (Å²) in [6.07, 6.45) is 3.46. The average molecular weight is 408 g/mol. The molecule has 1 aromatic carbocycles. The number of hydrogen-bond acceptors (Lipinski definition) is 4. The fourth-order valence-electron chi connectivity index (χ4n) is 4.47. The Balaban J connectivity index is 1.28. The highest BCUT2D eigenvalue weighted by Gasteiger charge is 2.32. The van der Waals surface area contributed by atoms with Gasteiger partial charge in [-0.2, -0.15) is 0 Å². The second-order valence-electron chi connectivity index (χ2n) is 8.03. The highest BCUT2D eigenvalue weighted by atomic mass is 19.2. The van der Waals surface area contributed by atoms with E-state index >= 15 is 0 Å². The number of hydrogen-bond donors (Lipinski definition) is 1. The molecule has 3 atom stereocenters. The lowest BCUT2D eigenvalue weighted by Gasteiger charge is -2.37. The summed E-state index contributed by atoms with van der Waals surface area (Å²) in [6.45, 7) is 5.57. The minimum Gasteiger partial charge on any atom is -0.375 e. The number of halogens is 2. The maximum absolute atomic E-state index is 13.5. The monoisotopic (exact) mass is 408 g/mol. The fourth-order valence-corrected chi connectivity index (χ4v) is 4.47. The topological polar surface area (TPSA) is 49.3 Å². The number of guanidine groups is 1. The largest absolute Gasteiger partial charge is 0.375 e. The third-order valence-electron chi connectivity index (χ3n) is 6.09. The number of morpholine rings is 1. The summed E-state index contributed by atoms with van der Waals surface area (Å²) in [6, 6.07) is 4.12. The van der Waals surface area contributed by atoms with Gasteiger partial charge in [-0.05, 0) is 37.3 Å². The van der Waals surface area contributed by atoms with Crippen molar-refractivity contribution in [1.29, 1.82) is 0 Å². The Morgan fingerprint density at radius 1 is 1.10 bits per heavy atom. The molecule has 8 heteroatoms. The third-order valence-corrected chi connectivity index (χ3v) is 6.09.